The second-order valence-electron chi connectivity index (χ2n) is 5.20. The molecule has 0 spiro atoms. The molecule has 1 aliphatic carbocycles. The molecule has 1 aromatic rings. The lowest BCUT2D eigenvalue weighted by atomic mass is 9.89. The summed E-state index contributed by atoms with van der Waals surface area (Å²) in [6, 6.07) is 0. The quantitative estimate of drug-likeness (QED) is 0.871. The van der Waals surface area contributed by atoms with Crippen molar-refractivity contribution in [2.75, 3.05) is 5.73 Å². The van der Waals surface area contributed by atoms with Gasteiger partial charge >= 0.3 is 0 Å². The zero-order valence-electron chi connectivity index (χ0n) is 11.2. The molecule has 3 heteroatoms. The fraction of sp³-hybridized carbons (Fsp3) is 0.786. The summed E-state index contributed by atoms with van der Waals surface area (Å²) in [5.74, 6) is 0.818. The number of nitrogens with zero attached hydrogens (tertiary/aromatic N) is 2. The molecule has 0 bridgehead atoms. The van der Waals surface area contributed by atoms with Crippen molar-refractivity contribution < 1.29 is 0 Å². The van der Waals surface area contributed by atoms with E-state index in [2.05, 4.69) is 23.6 Å². The Bertz CT molecular complexity index is 362. The third kappa shape index (κ3) is 2.64. The zero-order chi connectivity index (χ0) is 12.3. The van der Waals surface area contributed by atoms with Gasteiger partial charge in [0.15, 0.2) is 0 Å². The van der Waals surface area contributed by atoms with Gasteiger partial charge in [-0.3, -0.25) is 4.68 Å². The van der Waals surface area contributed by atoms with E-state index in [1.807, 2.05) is 0 Å². The van der Waals surface area contributed by atoms with Crippen LogP contribution >= 0.6 is 0 Å². The number of hydrogen-bond donors (Lipinski definition) is 1. The van der Waals surface area contributed by atoms with Crippen molar-refractivity contribution in [3.05, 3.63) is 11.4 Å². The van der Waals surface area contributed by atoms with Crippen LogP contribution in [-0.4, -0.2) is 9.78 Å². The van der Waals surface area contributed by atoms with Crippen molar-refractivity contribution in [1.29, 1.82) is 0 Å². The van der Waals surface area contributed by atoms with E-state index in [9.17, 15) is 0 Å². The van der Waals surface area contributed by atoms with Gasteiger partial charge < -0.3 is 5.73 Å². The Morgan fingerprint density at radius 2 is 1.88 bits per heavy atom. The monoisotopic (exact) mass is 235 g/mol. The molecule has 2 rings (SSSR count). The molecule has 2 N–H and O–H groups in total. The molecule has 1 heterocycles. The zero-order valence-corrected chi connectivity index (χ0v) is 11.2. The lowest BCUT2D eigenvalue weighted by Crippen LogP contribution is -2.17. The van der Waals surface area contributed by atoms with Crippen molar-refractivity contribution in [3.63, 3.8) is 0 Å². The fourth-order valence-electron chi connectivity index (χ4n) is 2.96. The Kier molecular flexibility index (Phi) is 4.08. The smallest absolute Gasteiger partial charge is 0.0854 e. The maximum atomic E-state index is 6.15. The van der Waals surface area contributed by atoms with E-state index in [0.29, 0.717) is 0 Å². The number of rotatable bonds is 4. The molecule has 0 atom stereocenters. The van der Waals surface area contributed by atoms with Crippen LogP contribution in [0.3, 0.4) is 0 Å². The number of hydrogen-bond acceptors (Lipinski definition) is 2. The molecule has 1 saturated carbocycles. The molecule has 0 aliphatic heterocycles. The summed E-state index contributed by atoms with van der Waals surface area (Å²) in [4.78, 5) is 0. The first-order chi connectivity index (χ1) is 8.26. The highest BCUT2D eigenvalue weighted by Gasteiger charge is 2.18. The van der Waals surface area contributed by atoms with Crippen LogP contribution in [0.4, 0.5) is 5.69 Å². The first-order valence-corrected chi connectivity index (χ1v) is 7.10. The van der Waals surface area contributed by atoms with Crippen molar-refractivity contribution in [3.8, 4) is 0 Å². The van der Waals surface area contributed by atoms with E-state index in [-0.39, 0.29) is 0 Å². The second-order valence-corrected chi connectivity index (χ2v) is 5.20. The normalized spacial score (nSPS) is 17.5. The molecule has 17 heavy (non-hydrogen) atoms. The van der Waals surface area contributed by atoms with Gasteiger partial charge in [-0.15, -0.1) is 0 Å². The van der Waals surface area contributed by atoms with Gasteiger partial charge in [-0.2, -0.15) is 5.10 Å². The number of aryl methyl sites for hydroxylation is 1. The van der Waals surface area contributed by atoms with Crippen LogP contribution < -0.4 is 5.73 Å². The van der Waals surface area contributed by atoms with Crippen molar-refractivity contribution >= 4 is 5.69 Å². The summed E-state index contributed by atoms with van der Waals surface area (Å²) < 4.78 is 2.18. The Morgan fingerprint density at radius 1 is 1.18 bits per heavy atom. The lowest BCUT2D eigenvalue weighted by molar-refractivity contribution is 0.304. The summed E-state index contributed by atoms with van der Waals surface area (Å²) in [6.45, 7) is 5.38. The lowest BCUT2D eigenvalue weighted by Gasteiger charge is -2.22. The Balaban J connectivity index is 2.13. The van der Waals surface area contributed by atoms with Crippen LogP contribution in [0.15, 0.2) is 0 Å². The topological polar surface area (TPSA) is 43.8 Å². The number of nitrogens with two attached hydrogens (primary N) is 1. The van der Waals surface area contributed by atoms with Crippen LogP contribution in [0.5, 0.6) is 0 Å². The highest BCUT2D eigenvalue weighted by atomic mass is 15.3. The summed E-state index contributed by atoms with van der Waals surface area (Å²) in [6.07, 6.45) is 8.86. The fourth-order valence-corrected chi connectivity index (χ4v) is 2.96. The van der Waals surface area contributed by atoms with Crippen LogP contribution in [0.1, 0.15) is 57.3 Å². The first kappa shape index (κ1) is 12.5. The van der Waals surface area contributed by atoms with E-state index in [1.165, 1.54) is 37.8 Å². The van der Waals surface area contributed by atoms with E-state index >= 15 is 0 Å². The van der Waals surface area contributed by atoms with Crippen LogP contribution in [0.25, 0.3) is 0 Å². The van der Waals surface area contributed by atoms with Gasteiger partial charge in [0.05, 0.1) is 17.1 Å². The summed E-state index contributed by atoms with van der Waals surface area (Å²) in [5.41, 5.74) is 9.41. The maximum Gasteiger partial charge on any atom is 0.0854 e. The molecular formula is C14H25N3. The van der Waals surface area contributed by atoms with E-state index in [4.69, 9.17) is 5.73 Å². The van der Waals surface area contributed by atoms with Crippen molar-refractivity contribution in [2.24, 2.45) is 5.92 Å². The largest absolute Gasteiger partial charge is 0.396 e. The van der Waals surface area contributed by atoms with E-state index in [0.717, 1.165) is 36.7 Å². The van der Waals surface area contributed by atoms with Gasteiger partial charge in [-0.05, 0) is 31.6 Å². The second kappa shape index (κ2) is 5.56. The first-order valence-electron chi connectivity index (χ1n) is 7.10. The molecule has 0 amide bonds. The van der Waals surface area contributed by atoms with Crippen LogP contribution in [0.2, 0.25) is 0 Å². The number of nitrogen functional groups attached to an aromatic ring is 1. The van der Waals surface area contributed by atoms with E-state index < -0.39 is 0 Å². The van der Waals surface area contributed by atoms with Gasteiger partial charge in [0.2, 0.25) is 0 Å². The Hall–Kier alpha value is -0.990. The minimum absolute atomic E-state index is 0.818. The average Bonchev–Trinajstić information content (AvgIpc) is 2.66. The van der Waals surface area contributed by atoms with Gasteiger partial charge in [0.1, 0.15) is 0 Å². The van der Waals surface area contributed by atoms with Gasteiger partial charge in [-0.25, -0.2) is 0 Å². The molecule has 0 radical (unpaired) electrons. The summed E-state index contributed by atoms with van der Waals surface area (Å²) in [5, 5.41) is 4.68. The van der Waals surface area contributed by atoms with Crippen LogP contribution in [0, 0.1) is 5.92 Å². The average molecular weight is 235 g/mol. The van der Waals surface area contributed by atoms with Gasteiger partial charge in [0.25, 0.3) is 0 Å². The molecule has 1 aromatic heterocycles. The molecule has 3 nitrogen and oxygen atoms in total. The summed E-state index contributed by atoms with van der Waals surface area (Å²) in [7, 11) is 0. The van der Waals surface area contributed by atoms with E-state index in [1.54, 1.807) is 0 Å². The molecule has 96 valence electrons. The molecule has 0 saturated heterocycles. The molecule has 0 unspecified atom stereocenters. The Morgan fingerprint density at radius 3 is 2.47 bits per heavy atom. The van der Waals surface area contributed by atoms with Crippen molar-refractivity contribution in [1.82, 2.24) is 9.78 Å². The van der Waals surface area contributed by atoms with Crippen LogP contribution in [-0.2, 0) is 19.4 Å². The van der Waals surface area contributed by atoms with Gasteiger partial charge in [0, 0.05) is 6.54 Å². The standard InChI is InChI=1S/C14H25N3/c1-3-12-14(15)13(4-2)17(16-12)10-11-8-6-5-7-9-11/h11H,3-10,15H2,1-2H3. The highest BCUT2D eigenvalue weighted by Crippen LogP contribution is 2.27. The predicted octanol–water partition coefficient (Wildman–Crippen LogP) is 3.17. The highest BCUT2D eigenvalue weighted by molar-refractivity contribution is 5.48. The minimum Gasteiger partial charge on any atom is -0.396 e. The number of anilines is 1. The van der Waals surface area contributed by atoms with Crippen molar-refractivity contribution in [2.45, 2.75) is 65.3 Å². The third-order valence-corrected chi connectivity index (χ3v) is 4.00. The predicted molar refractivity (Wildman–Crippen MR) is 72.0 cm³/mol. The number of aromatic nitrogens is 2. The Labute approximate surface area is 104 Å². The minimum atomic E-state index is 0.818. The SMILES string of the molecule is CCc1nn(CC2CCCCC2)c(CC)c1N. The third-order valence-electron chi connectivity index (χ3n) is 4.00. The molecule has 1 fully saturated rings. The van der Waals surface area contributed by atoms with Gasteiger partial charge in [-0.1, -0.05) is 33.1 Å². The molecule has 1 aliphatic rings. The summed E-state index contributed by atoms with van der Waals surface area (Å²) >= 11 is 0. The molecular weight excluding hydrogens is 210 g/mol. The maximum absolute atomic E-state index is 6.15. The molecule has 0 aromatic carbocycles.